The lowest BCUT2D eigenvalue weighted by Gasteiger charge is -2.41. The molecule has 0 unspecified atom stereocenters. The summed E-state index contributed by atoms with van der Waals surface area (Å²) in [5, 5.41) is 8.85. The van der Waals surface area contributed by atoms with Crippen molar-refractivity contribution in [3.8, 4) is 0 Å². The summed E-state index contributed by atoms with van der Waals surface area (Å²) in [4.78, 5) is 10.8. The highest BCUT2D eigenvalue weighted by Gasteiger charge is 2.43. The molecule has 2 nitrogen and oxygen atoms in total. The molecular weight excluding hydrogens is 264 g/mol. The third-order valence-electron chi connectivity index (χ3n) is 3.67. The summed E-state index contributed by atoms with van der Waals surface area (Å²) < 4.78 is 51.7. The maximum Gasteiger partial charge on any atom is 0.416 e. The predicted octanol–water partition coefficient (Wildman–Crippen LogP) is 3.74. The van der Waals surface area contributed by atoms with Gasteiger partial charge in [-0.3, -0.25) is 4.79 Å². The normalized spacial score (nSPS) is 17.9. The van der Waals surface area contributed by atoms with Crippen molar-refractivity contribution in [2.45, 2.75) is 37.3 Å². The van der Waals surface area contributed by atoms with Gasteiger partial charge in [0.2, 0.25) is 0 Å². The fraction of sp³-hybridized carbons (Fsp3) is 0.462. The summed E-state index contributed by atoms with van der Waals surface area (Å²) in [5.74, 6) is -1.90. The maximum atomic E-state index is 13.8. The summed E-state index contributed by atoms with van der Waals surface area (Å²) in [6, 6.07) is 2.18. The zero-order valence-electron chi connectivity index (χ0n) is 9.93. The summed E-state index contributed by atoms with van der Waals surface area (Å²) in [6.45, 7) is 0. The highest BCUT2D eigenvalue weighted by molar-refractivity contribution is 5.69. The van der Waals surface area contributed by atoms with E-state index in [2.05, 4.69) is 0 Å². The first-order chi connectivity index (χ1) is 8.74. The number of hydrogen-bond donors (Lipinski definition) is 1. The molecule has 0 amide bonds. The van der Waals surface area contributed by atoms with Crippen molar-refractivity contribution in [1.82, 2.24) is 0 Å². The average molecular weight is 276 g/mol. The van der Waals surface area contributed by atoms with Crippen molar-refractivity contribution >= 4 is 5.97 Å². The highest BCUT2D eigenvalue weighted by atomic mass is 19.4. The zero-order chi connectivity index (χ0) is 14.3. The summed E-state index contributed by atoms with van der Waals surface area (Å²) in [6.07, 6.45) is -3.40. The van der Waals surface area contributed by atoms with Crippen LogP contribution in [0.4, 0.5) is 17.6 Å². The van der Waals surface area contributed by atoms with Crippen LogP contribution in [0.5, 0.6) is 0 Å². The molecule has 6 heteroatoms. The fourth-order valence-electron chi connectivity index (χ4n) is 2.54. The van der Waals surface area contributed by atoms with Crippen LogP contribution in [0, 0.1) is 5.82 Å². The van der Waals surface area contributed by atoms with Crippen LogP contribution < -0.4 is 0 Å². The first kappa shape index (κ1) is 13.8. The molecule has 0 bridgehead atoms. The van der Waals surface area contributed by atoms with Gasteiger partial charge in [0, 0.05) is 5.41 Å². The van der Waals surface area contributed by atoms with E-state index in [0.29, 0.717) is 25.3 Å². The Labute approximate surface area is 107 Å². The van der Waals surface area contributed by atoms with Crippen LogP contribution in [0.15, 0.2) is 18.2 Å². The molecule has 1 fully saturated rings. The van der Waals surface area contributed by atoms with Crippen molar-refractivity contribution in [2.75, 3.05) is 0 Å². The Hall–Kier alpha value is -1.59. The topological polar surface area (TPSA) is 37.3 Å². The smallest absolute Gasteiger partial charge is 0.416 e. The van der Waals surface area contributed by atoms with E-state index in [9.17, 15) is 22.4 Å². The molecular formula is C13H12F4O2. The van der Waals surface area contributed by atoms with E-state index in [1.54, 1.807) is 0 Å². The Kier molecular flexibility index (Phi) is 3.28. The molecule has 1 aliphatic rings. The molecule has 0 atom stereocenters. The van der Waals surface area contributed by atoms with Gasteiger partial charge < -0.3 is 5.11 Å². The van der Waals surface area contributed by atoms with Gasteiger partial charge >= 0.3 is 12.1 Å². The van der Waals surface area contributed by atoms with Gasteiger partial charge in [-0.2, -0.15) is 13.2 Å². The van der Waals surface area contributed by atoms with Crippen LogP contribution in [0.3, 0.4) is 0 Å². The number of rotatable bonds is 3. The number of alkyl halides is 3. The molecule has 1 saturated carbocycles. The van der Waals surface area contributed by atoms with Crippen LogP contribution in [0.2, 0.25) is 0 Å². The minimum Gasteiger partial charge on any atom is -0.481 e. The maximum absolute atomic E-state index is 13.8. The zero-order valence-corrected chi connectivity index (χ0v) is 9.93. The molecule has 0 radical (unpaired) electrons. The Balaban J connectivity index is 2.45. The van der Waals surface area contributed by atoms with Crippen molar-refractivity contribution in [3.63, 3.8) is 0 Å². The number of aliphatic carboxylic acids is 1. The minimum absolute atomic E-state index is 0.129. The number of hydrogen-bond acceptors (Lipinski definition) is 1. The van der Waals surface area contributed by atoms with Gasteiger partial charge in [-0.25, -0.2) is 4.39 Å². The van der Waals surface area contributed by atoms with Crippen LogP contribution in [-0.4, -0.2) is 11.1 Å². The van der Waals surface area contributed by atoms with Gasteiger partial charge in [0.15, 0.2) is 0 Å². The second-order valence-electron chi connectivity index (χ2n) is 4.90. The van der Waals surface area contributed by atoms with E-state index in [1.165, 1.54) is 0 Å². The van der Waals surface area contributed by atoms with Gasteiger partial charge in [-0.1, -0.05) is 6.42 Å². The largest absolute Gasteiger partial charge is 0.481 e. The third-order valence-corrected chi connectivity index (χ3v) is 3.67. The van der Waals surface area contributed by atoms with E-state index >= 15 is 0 Å². The Bertz CT molecular complexity index is 504. The molecule has 0 heterocycles. The molecule has 2 rings (SSSR count). The van der Waals surface area contributed by atoms with Gasteiger partial charge in [-0.15, -0.1) is 0 Å². The quantitative estimate of drug-likeness (QED) is 0.854. The van der Waals surface area contributed by atoms with Crippen molar-refractivity contribution < 1.29 is 27.5 Å². The molecule has 1 N–H and O–H groups in total. The number of carbonyl (C=O) groups is 1. The Morgan fingerprint density at radius 1 is 1.32 bits per heavy atom. The van der Waals surface area contributed by atoms with Crippen molar-refractivity contribution in [3.05, 3.63) is 35.1 Å². The molecule has 19 heavy (non-hydrogen) atoms. The highest BCUT2D eigenvalue weighted by Crippen LogP contribution is 2.48. The monoisotopic (exact) mass is 276 g/mol. The van der Waals surface area contributed by atoms with Gasteiger partial charge in [-0.05, 0) is 36.6 Å². The van der Waals surface area contributed by atoms with Gasteiger partial charge in [0.1, 0.15) is 5.82 Å². The second-order valence-corrected chi connectivity index (χ2v) is 4.90. The molecule has 104 valence electrons. The average Bonchev–Trinajstić information content (AvgIpc) is 2.22. The Morgan fingerprint density at radius 3 is 2.37 bits per heavy atom. The van der Waals surface area contributed by atoms with Crippen LogP contribution in [0.1, 0.15) is 36.8 Å². The second kappa shape index (κ2) is 4.51. The standard InChI is InChI=1S/C13H12F4O2/c14-10-3-2-8(13(15,16)17)6-9(10)12(4-1-5-12)7-11(18)19/h2-3,6H,1,4-5,7H2,(H,18,19). The molecule has 0 aromatic heterocycles. The van der Waals surface area contributed by atoms with Crippen LogP contribution in [0.25, 0.3) is 0 Å². The van der Waals surface area contributed by atoms with E-state index in [1.807, 2.05) is 0 Å². The molecule has 1 aliphatic carbocycles. The fourth-order valence-corrected chi connectivity index (χ4v) is 2.54. The third kappa shape index (κ3) is 2.57. The summed E-state index contributed by atoms with van der Waals surface area (Å²) in [5.41, 5.74) is -2.06. The number of benzene rings is 1. The van der Waals surface area contributed by atoms with E-state index in [4.69, 9.17) is 5.11 Å². The first-order valence-corrected chi connectivity index (χ1v) is 5.84. The summed E-state index contributed by atoms with van der Waals surface area (Å²) in [7, 11) is 0. The van der Waals surface area contributed by atoms with Crippen LogP contribution >= 0.6 is 0 Å². The minimum atomic E-state index is -4.56. The summed E-state index contributed by atoms with van der Waals surface area (Å²) >= 11 is 0. The van der Waals surface area contributed by atoms with Crippen LogP contribution in [-0.2, 0) is 16.4 Å². The lowest BCUT2D eigenvalue weighted by atomic mass is 9.62. The molecule has 0 saturated heterocycles. The number of carboxylic acids is 1. The first-order valence-electron chi connectivity index (χ1n) is 5.84. The van der Waals surface area contributed by atoms with Crippen molar-refractivity contribution in [2.24, 2.45) is 0 Å². The predicted molar refractivity (Wildman–Crippen MR) is 59.2 cm³/mol. The Morgan fingerprint density at radius 2 is 1.95 bits per heavy atom. The molecule has 1 aromatic carbocycles. The SMILES string of the molecule is O=C(O)CC1(c2cc(C(F)(F)F)ccc2F)CCC1. The molecule has 0 aliphatic heterocycles. The molecule has 0 spiro atoms. The lowest BCUT2D eigenvalue weighted by molar-refractivity contribution is -0.139. The number of carboxylic acid groups (broad SMARTS) is 1. The molecule has 1 aromatic rings. The van der Waals surface area contributed by atoms with E-state index in [0.717, 1.165) is 12.1 Å². The van der Waals surface area contributed by atoms with Gasteiger partial charge in [0.05, 0.1) is 12.0 Å². The van der Waals surface area contributed by atoms with E-state index < -0.39 is 28.9 Å². The number of halogens is 4. The lowest BCUT2D eigenvalue weighted by Crippen LogP contribution is -2.37. The van der Waals surface area contributed by atoms with Gasteiger partial charge in [0.25, 0.3) is 0 Å². The van der Waals surface area contributed by atoms with E-state index in [-0.39, 0.29) is 12.0 Å². The van der Waals surface area contributed by atoms with Crippen molar-refractivity contribution in [1.29, 1.82) is 0 Å².